The molecule has 6 heteroatoms. The molecule has 1 N–H and O–H groups in total. The maximum Gasteiger partial charge on any atom is 0.250 e. The minimum Gasteiger partial charge on any atom is -0.497 e. The van der Waals surface area contributed by atoms with Crippen molar-refractivity contribution in [3.63, 3.8) is 0 Å². The van der Waals surface area contributed by atoms with Gasteiger partial charge in [-0.2, -0.15) is 0 Å². The van der Waals surface area contributed by atoms with Crippen molar-refractivity contribution < 1.29 is 9.47 Å². The van der Waals surface area contributed by atoms with E-state index in [9.17, 15) is 4.79 Å². The lowest BCUT2D eigenvalue weighted by Gasteiger charge is -2.32. The van der Waals surface area contributed by atoms with Gasteiger partial charge in [0.05, 0.1) is 25.7 Å². The van der Waals surface area contributed by atoms with Gasteiger partial charge in [-0.25, -0.2) is 4.98 Å². The topological polar surface area (TPSA) is 67.5 Å². The standard InChI is InChI=1S/C19H25N3O3/c1-24-16-5-7-17(8-6-16)25-11-3-10-22-9-2-4-15(13-22)18-12-19(23)21-14-20-18/h5-8,12,14-15H,2-4,9-11,13H2,1H3,(H,20,21,23). The number of aromatic amines is 1. The van der Waals surface area contributed by atoms with Crippen LogP contribution in [0, 0.1) is 0 Å². The predicted octanol–water partition coefficient (Wildman–Crippen LogP) is 2.43. The molecule has 2 heterocycles. The van der Waals surface area contributed by atoms with E-state index >= 15 is 0 Å². The summed E-state index contributed by atoms with van der Waals surface area (Å²) in [5, 5.41) is 0. The molecule has 1 atom stereocenters. The van der Waals surface area contributed by atoms with Gasteiger partial charge in [-0.05, 0) is 50.1 Å². The Bertz CT molecular complexity index is 714. The Labute approximate surface area is 147 Å². The Balaban J connectivity index is 1.42. The summed E-state index contributed by atoms with van der Waals surface area (Å²) in [4.78, 5) is 20.8. The SMILES string of the molecule is COc1ccc(OCCCN2CCCC(c3cc(=O)[nH]cn3)C2)cc1. The number of nitrogens with zero attached hydrogens (tertiary/aromatic N) is 2. The number of likely N-dealkylation sites (tertiary alicyclic amines) is 1. The average molecular weight is 343 g/mol. The maximum atomic E-state index is 11.5. The molecule has 25 heavy (non-hydrogen) atoms. The Morgan fingerprint density at radius 2 is 2.08 bits per heavy atom. The second kappa shape index (κ2) is 8.67. The first-order valence-electron chi connectivity index (χ1n) is 8.78. The van der Waals surface area contributed by atoms with Crippen LogP contribution in [0.3, 0.4) is 0 Å². The van der Waals surface area contributed by atoms with Crippen molar-refractivity contribution in [3.8, 4) is 11.5 Å². The van der Waals surface area contributed by atoms with E-state index in [1.165, 1.54) is 6.33 Å². The van der Waals surface area contributed by atoms with Crippen LogP contribution >= 0.6 is 0 Å². The van der Waals surface area contributed by atoms with Crippen LogP contribution in [0.4, 0.5) is 0 Å². The minimum absolute atomic E-state index is 0.0741. The first-order chi connectivity index (χ1) is 12.2. The molecule has 0 bridgehead atoms. The summed E-state index contributed by atoms with van der Waals surface area (Å²) in [6, 6.07) is 9.28. The lowest BCUT2D eigenvalue weighted by Crippen LogP contribution is -2.36. The summed E-state index contributed by atoms with van der Waals surface area (Å²) in [6.07, 6.45) is 4.70. The van der Waals surface area contributed by atoms with Crippen LogP contribution in [0.25, 0.3) is 0 Å². The van der Waals surface area contributed by atoms with E-state index in [1.54, 1.807) is 13.2 Å². The normalized spacial score (nSPS) is 18.0. The summed E-state index contributed by atoms with van der Waals surface area (Å²) >= 11 is 0. The lowest BCUT2D eigenvalue weighted by molar-refractivity contribution is 0.188. The molecule has 0 aliphatic carbocycles. The number of methoxy groups -OCH3 is 1. The number of ether oxygens (including phenoxy) is 2. The highest BCUT2D eigenvalue weighted by Gasteiger charge is 2.22. The van der Waals surface area contributed by atoms with Crippen LogP contribution in [0.2, 0.25) is 0 Å². The maximum absolute atomic E-state index is 11.5. The summed E-state index contributed by atoms with van der Waals surface area (Å²) in [6.45, 7) is 3.74. The third-order valence-corrected chi connectivity index (χ3v) is 4.57. The second-order valence-electron chi connectivity index (χ2n) is 6.35. The minimum atomic E-state index is -0.0741. The highest BCUT2D eigenvalue weighted by molar-refractivity contribution is 5.31. The molecule has 6 nitrogen and oxygen atoms in total. The van der Waals surface area contributed by atoms with Crippen LogP contribution in [0.15, 0.2) is 41.5 Å². The first kappa shape index (κ1) is 17.5. The van der Waals surface area contributed by atoms with Gasteiger partial charge in [-0.1, -0.05) is 0 Å². The number of benzene rings is 1. The monoisotopic (exact) mass is 343 g/mol. The second-order valence-corrected chi connectivity index (χ2v) is 6.35. The summed E-state index contributed by atoms with van der Waals surface area (Å²) < 4.78 is 10.9. The molecule has 2 aromatic rings. The molecule has 0 saturated carbocycles. The van der Waals surface area contributed by atoms with Gasteiger partial charge in [0.15, 0.2) is 0 Å². The van der Waals surface area contributed by atoms with Crippen LogP contribution in [-0.2, 0) is 0 Å². The molecule has 1 aliphatic heterocycles. The van der Waals surface area contributed by atoms with Gasteiger partial charge in [0.1, 0.15) is 11.5 Å². The summed E-state index contributed by atoms with van der Waals surface area (Å²) in [5.41, 5.74) is 0.831. The molecule has 1 aromatic carbocycles. The molecule has 134 valence electrons. The highest BCUT2D eigenvalue weighted by Crippen LogP contribution is 2.24. The zero-order valence-electron chi connectivity index (χ0n) is 14.6. The van der Waals surface area contributed by atoms with E-state index < -0.39 is 0 Å². The molecular formula is C19H25N3O3. The largest absolute Gasteiger partial charge is 0.497 e. The first-order valence-corrected chi connectivity index (χ1v) is 8.78. The number of hydrogen-bond donors (Lipinski definition) is 1. The van der Waals surface area contributed by atoms with E-state index in [-0.39, 0.29) is 5.56 Å². The third kappa shape index (κ3) is 5.06. The molecule has 1 fully saturated rings. The average Bonchev–Trinajstić information content (AvgIpc) is 2.66. The zero-order valence-corrected chi connectivity index (χ0v) is 14.6. The van der Waals surface area contributed by atoms with Gasteiger partial charge in [0, 0.05) is 25.1 Å². The molecular weight excluding hydrogens is 318 g/mol. The number of nitrogens with one attached hydrogen (secondary N) is 1. The molecule has 1 aromatic heterocycles. The molecule has 0 spiro atoms. The number of aromatic nitrogens is 2. The van der Waals surface area contributed by atoms with Crippen molar-refractivity contribution in [1.82, 2.24) is 14.9 Å². The van der Waals surface area contributed by atoms with Gasteiger partial charge >= 0.3 is 0 Å². The molecule has 1 aliphatic rings. The van der Waals surface area contributed by atoms with Crippen molar-refractivity contribution in [3.05, 3.63) is 52.7 Å². The smallest absolute Gasteiger partial charge is 0.250 e. The fraction of sp³-hybridized carbons (Fsp3) is 0.474. The van der Waals surface area contributed by atoms with Crippen molar-refractivity contribution in [2.24, 2.45) is 0 Å². The van der Waals surface area contributed by atoms with E-state index in [4.69, 9.17) is 9.47 Å². The number of H-pyrrole nitrogens is 1. The Kier molecular flexibility index (Phi) is 6.06. The van der Waals surface area contributed by atoms with Gasteiger partial charge in [0.2, 0.25) is 0 Å². The Morgan fingerprint density at radius 3 is 2.84 bits per heavy atom. The fourth-order valence-corrected chi connectivity index (χ4v) is 3.26. The molecule has 0 radical (unpaired) electrons. The van der Waals surface area contributed by atoms with E-state index in [2.05, 4.69) is 14.9 Å². The lowest BCUT2D eigenvalue weighted by atomic mass is 9.94. The number of piperidine rings is 1. The van der Waals surface area contributed by atoms with Crippen LogP contribution in [0.5, 0.6) is 11.5 Å². The van der Waals surface area contributed by atoms with Gasteiger partial charge in [-0.3, -0.25) is 4.79 Å². The highest BCUT2D eigenvalue weighted by atomic mass is 16.5. The number of hydrogen-bond acceptors (Lipinski definition) is 5. The van der Waals surface area contributed by atoms with Gasteiger partial charge in [0.25, 0.3) is 5.56 Å². The molecule has 3 rings (SSSR count). The van der Waals surface area contributed by atoms with E-state index in [1.807, 2.05) is 24.3 Å². The molecule has 0 amide bonds. The quantitative estimate of drug-likeness (QED) is 0.782. The van der Waals surface area contributed by atoms with Crippen molar-refractivity contribution in [1.29, 1.82) is 0 Å². The van der Waals surface area contributed by atoms with Crippen molar-refractivity contribution in [2.75, 3.05) is 33.4 Å². The molecule has 1 unspecified atom stereocenters. The summed E-state index contributed by atoms with van der Waals surface area (Å²) in [5.74, 6) is 2.05. The van der Waals surface area contributed by atoms with Gasteiger partial charge in [-0.15, -0.1) is 0 Å². The molecule has 1 saturated heterocycles. The van der Waals surface area contributed by atoms with Crippen LogP contribution in [0.1, 0.15) is 30.9 Å². The Hall–Kier alpha value is -2.34. The van der Waals surface area contributed by atoms with E-state index in [0.29, 0.717) is 12.5 Å². The Morgan fingerprint density at radius 1 is 1.28 bits per heavy atom. The predicted molar refractivity (Wildman–Crippen MR) is 96.4 cm³/mol. The van der Waals surface area contributed by atoms with Crippen LogP contribution < -0.4 is 15.0 Å². The summed E-state index contributed by atoms with van der Waals surface area (Å²) in [7, 11) is 1.66. The zero-order chi connectivity index (χ0) is 17.5. The van der Waals surface area contributed by atoms with E-state index in [0.717, 1.165) is 56.1 Å². The van der Waals surface area contributed by atoms with Crippen LogP contribution in [-0.4, -0.2) is 48.2 Å². The van der Waals surface area contributed by atoms with Crippen molar-refractivity contribution >= 4 is 0 Å². The number of rotatable bonds is 7. The van der Waals surface area contributed by atoms with Crippen molar-refractivity contribution in [2.45, 2.75) is 25.2 Å². The van der Waals surface area contributed by atoms with Gasteiger partial charge < -0.3 is 19.4 Å². The third-order valence-electron chi connectivity index (χ3n) is 4.57. The fourth-order valence-electron chi connectivity index (χ4n) is 3.26.